The highest BCUT2D eigenvalue weighted by molar-refractivity contribution is 7.99. The molecule has 2 aromatic heterocycles. The zero-order chi connectivity index (χ0) is 25.4. The second-order valence-electron chi connectivity index (χ2n) is 9.09. The van der Waals surface area contributed by atoms with E-state index < -0.39 is 0 Å². The van der Waals surface area contributed by atoms with Crippen LogP contribution in [0.25, 0.3) is 16.7 Å². The van der Waals surface area contributed by atoms with Crippen molar-refractivity contribution in [2.24, 2.45) is 0 Å². The Bertz CT molecular complexity index is 1490. The maximum absolute atomic E-state index is 13.4. The van der Waals surface area contributed by atoms with Crippen LogP contribution in [-0.2, 0) is 4.79 Å². The van der Waals surface area contributed by atoms with E-state index in [4.69, 9.17) is 4.98 Å². The van der Waals surface area contributed by atoms with Crippen LogP contribution >= 0.6 is 11.8 Å². The minimum absolute atomic E-state index is 0.116. The molecule has 8 nitrogen and oxygen atoms in total. The van der Waals surface area contributed by atoms with E-state index in [1.807, 2.05) is 50.2 Å². The molecule has 5 rings (SSSR count). The summed E-state index contributed by atoms with van der Waals surface area (Å²) in [7, 11) is 0. The predicted molar refractivity (Wildman–Crippen MR) is 146 cm³/mol. The van der Waals surface area contributed by atoms with Crippen LogP contribution in [0.1, 0.15) is 37.4 Å². The Labute approximate surface area is 214 Å². The van der Waals surface area contributed by atoms with Gasteiger partial charge in [-0.05, 0) is 63.6 Å². The van der Waals surface area contributed by atoms with Gasteiger partial charge in [-0.2, -0.15) is 5.10 Å². The van der Waals surface area contributed by atoms with Crippen LogP contribution in [0.2, 0.25) is 0 Å². The number of carbonyl (C=O) groups is 1. The molecule has 0 fully saturated rings. The second kappa shape index (κ2) is 9.81. The molecule has 2 aromatic carbocycles. The smallest absolute Gasteiger partial charge is 0.265 e. The lowest BCUT2D eigenvalue weighted by Crippen LogP contribution is -2.28. The Morgan fingerprint density at radius 2 is 1.89 bits per heavy atom. The van der Waals surface area contributed by atoms with E-state index in [1.54, 1.807) is 15.4 Å². The summed E-state index contributed by atoms with van der Waals surface area (Å²) in [6, 6.07) is 13.8. The number of aromatic nitrogens is 4. The molecule has 186 valence electrons. The number of rotatable bonds is 7. The molecule has 0 radical (unpaired) electrons. The van der Waals surface area contributed by atoms with Gasteiger partial charge in [0.2, 0.25) is 5.91 Å². The Hall–Kier alpha value is -3.59. The average molecular weight is 503 g/mol. The number of hydrogen-bond acceptors (Lipinski definition) is 6. The fraction of sp³-hybridized carbons (Fsp3) is 0.333. The fourth-order valence-corrected chi connectivity index (χ4v) is 5.78. The lowest BCUT2D eigenvalue weighted by Gasteiger charge is -2.22. The maximum Gasteiger partial charge on any atom is 0.265 e. The fourth-order valence-electron chi connectivity index (χ4n) is 4.64. The average Bonchev–Trinajstić information content (AvgIpc) is 3.47. The topological polar surface area (TPSA) is 85.1 Å². The SMILES string of the molecule is CCN(CC)c1ccc(NC(=O)CC2CSc3nc4c(cnn4-c4ccc(C)cc4)c(=O)n32)c(C)c1. The first-order valence-corrected chi connectivity index (χ1v) is 13.2. The molecular weight excluding hydrogens is 472 g/mol. The van der Waals surface area contributed by atoms with Gasteiger partial charge in [-0.15, -0.1) is 0 Å². The van der Waals surface area contributed by atoms with Gasteiger partial charge in [0, 0.05) is 36.6 Å². The molecule has 0 bridgehead atoms. The third-order valence-corrected chi connectivity index (χ3v) is 7.78. The first-order valence-electron chi connectivity index (χ1n) is 12.2. The van der Waals surface area contributed by atoms with Crippen LogP contribution in [-0.4, -0.2) is 44.1 Å². The summed E-state index contributed by atoms with van der Waals surface area (Å²) < 4.78 is 3.35. The first kappa shape index (κ1) is 24.1. The van der Waals surface area contributed by atoms with Crippen molar-refractivity contribution < 1.29 is 4.79 Å². The summed E-state index contributed by atoms with van der Waals surface area (Å²) in [5, 5.41) is 8.54. The van der Waals surface area contributed by atoms with Gasteiger partial charge < -0.3 is 10.2 Å². The lowest BCUT2D eigenvalue weighted by atomic mass is 10.1. The van der Waals surface area contributed by atoms with Gasteiger partial charge in [0.15, 0.2) is 10.8 Å². The molecule has 1 aliphatic heterocycles. The summed E-state index contributed by atoms with van der Waals surface area (Å²) in [6.07, 6.45) is 1.77. The quantitative estimate of drug-likeness (QED) is 0.368. The van der Waals surface area contributed by atoms with Crippen LogP contribution in [0.3, 0.4) is 0 Å². The van der Waals surface area contributed by atoms with Crippen molar-refractivity contribution in [1.82, 2.24) is 19.3 Å². The molecule has 1 atom stereocenters. The molecule has 9 heteroatoms. The molecule has 4 aromatic rings. The minimum Gasteiger partial charge on any atom is -0.372 e. The number of carbonyl (C=O) groups excluding carboxylic acids is 1. The van der Waals surface area contributed by atoms with Gasteiger partial charge in [-0.25, -0.2) is 9.67 Å². The van der Waals surface area contributed by atoms with Gasteiger partial charge in [0.25, 0.3) is 5.56 Å². The van der Waals surface area contributed by atoms with Crippen molar-refractivity contribution in [3.8, 4) is 5.69 Å². The summed E-state index contributed by atoms with van der Waals surface area (Å²) >= 11 is 1.50. The zero-order valence-electron chi connectivity index (χ0n) is 21.0. The van der Waals surface area contributed by atoms with Crippen LogP contribution in [0.4, 0.5) is 11.4 Å². The number of fused-ring (bicyclic) bond motifs is 2. The Morgan fingerprint density at radius 1 is 1.14 bits per heavy atom. The third-order valence-electron chi connectivity index (χ3n) is 6.68. The molecular formula is C27H30N6O2S. The number of thioether (sulfide) groups is 1. The van der Waals surface area contributed by atoms with Crippen molar-refractivity contribution in [2.45, 2.75) is 45.3 Å². The summed E-state index contributed by atoms with van der Waals surface area (Å²) in [6.45, 7) is 10.1. The van der Waals surface area contributed by atoms with E-state index in [0.29, 0.717) is 21.9 Å². The van der Waals surface area contributed by atoms with Crippen molar-refractivity contribution in [2.75, 3.05) is 29.1 Å². The Balaban J connectivity index is 1.37. The predicted octanol–water partition coefficient (Wildman–Crippen LogP) is 4.72. The first-order chi connectivity index (χ1) is 17.4. The molecule has 1 N–H and O–H groups in total. The van der Waals surface area contributed by atoms with E-state index in [9.17, 15) is 9.59 Å². The van der Waals surface area contributed by atoms with Crippen LogP contribution in [0.15, 0.2) is 58.6 Å². The summed E-state index contributed by atoms with van der Waals surface area (Å²) in [4.78, 5) is 33.4. The monoisotopic (exact) mass is 502 g/mol. The van der Waals surface area contributed by atoms with E-state index in [-0.39, 0.29) is 23.9 Å². The van der Waals surface area contributed by atoms with Crippen molar-refractivity contribution in [3.63, 3.8) is 0 Å². The highest BCUT2D eigenvalue weighted by atomic mass is 32.2. The second-order valence-corrected chi connectivity index (χ2v) is 10.1. The Morgan fingerprint density at radius 3 is 2.58 bits per heavy atom. The molecule has 36 heavy (non-hydrogen) atoms. The zero-order valence-corrected chi connectivity index (χ0v) is 21.8. The number of amides is 1. The highest BCUT2D eigenvalue weighted by Gasteiger charge is 2.29. The third kappa shape index (κ3) is 4.39. The number of aryl methyl sites for hydroxylation is 2. The molecule has 0 saturated carbocycles. The van der Waals surface area contributed by atoms with Crippen LogP contribution < -0.4 is 15.8 Å². The number of nitrogens with zero attached hydrogens (tertiary/aromatic N) is 5. The number of anilines is 2. The maximum atomic E-state index is 13.4. The number of benzene rings is 2. The van der Waals surface area contributed by atoms with Crippen molar-refractivity contribution in [1.29, 1.82) is 0 Å². The van der Waals surface area contributed by atoms with Crippen LogP contribution in [0.5, 0.6) is 0 Å². The van der Waals surface area contributed by atoms with E-state index in [0.717, 1.165) is 41.3 Å². The van der Waals surface area contributed by atoms with E-state index >= 15 is 0 Å². The standard InChI is InChI=1S/C27H30N6O2S/c1-5-31(6-2)20-11-12-23(18(4)13-20)29-24(34)14-21-16-36-27-30-25-22(26(35)32(21)27)15-28-33(25)19-9-7-17(3)8-10-19/h7-13,15,21H,5-6,14,16H2,1-4H3,(H,29,34). The number of hydrogen-bond donors (Lipinski definition) is 1. The minimum atomic E-state index is -0.257. The summed E-state index contributed by atoms with van der Waals surface area (Å²) in [5.41, 5.74) is 5.33. The molecule has 0 spiro atoms. The van der Waals surface area contributed by atoms with Crippen molar-refractivity contribution in [3.05, 3.63) is 70.1 Å². The molecule has 1 amide bonds. The van der Waals surface area contributed by atoms with Gasteiger partial charge in [0.1, 0.15) is 5.39 Å². The van der Waals surface area contributed by atoms with Gasteiger partial charge in [0.05, 0.1) is 17.9 Å². The lowest BCUT2D eigenvalue weighted by molar-refractivity contribution is -0.116. The largest absolute Gasteiger partial charge is 0.372 e. The van der Waals surface area contributed by atoms with E-state index in [1.165, 1.54) is 11.8 Å². The van der Waals surface area contributed by atoms with Gasteiger partial charge in [-0.3, -0.25) is 14.2 Å². The molecule has 1 aliphatic rings. The van der Waals surface area contributed by atoms with E-state index in [2.05, 4.69) is 35.2 Å². The molecule has 0 aliphatic carbocycles. The molecule has 3 heterocycles. The van der Waals surface area contributed by atoms with Gasteiger partial charge >= 0.3 is 0 Å². The highest BCUT2D eigenvalue weighted by Crippen LogP contribution is 2.34. The molecule has 0 saturated heterocycles. The Kier molecular flexibility index (Phi) is 6.57. The molecule has 1 unspecified atom stereocenters. The van der Waals surface area contributed by atoms with Crippen molar-refractivity contribution >= 4 is 40.1 Å². The normalized spacial score (nSPS) is 14.7. The summed E-state index contributed by atoms with van der Waals surface area (Å²) in [5.74, 6) is 0.509. The van der Waals surface area contributed by atoms with Gasteiger partial charge in [-0.1, -0.05) is 29.5 Å². The van der Waals surface area contributed by atoms with Crippen LogP contribution in [0, 0.1) is 13.8 Å². The number of nitrogens with one attached hydrogen (secondary N) is 1.